The first-order chi connectivity index (χ1) is 10.2. The first-order valence-electron chi connectivity index (χ1n) is 6.89. The average Bonchev–Trinajstić information content (AvgIpc) is 2.49. The second-order valence-corrected chi connectivity index (χ2v) is 5.30. The molecule has 1 heterocycles. The highest BCUT2D eigenvalue weighted by Gasteiger charge is 2.09. The van der Waals surface area contributed by atoms with Gasteiger partial charge in [0.05, 0.1) is 5.52 Å². The molecule has 0 atom stereocenters. The molecular formula is C17H14ClFN2. The molecule has 2 nitrogen and oxygen atoms in total. The summed E-state index contributed by atoms with van der Waals surface area (Å²) in [6.45, 7) is 2.14. The number of fused-ring (bicyclic) bond motifs is 1. The van der Waals surface area contributed by atoms with E-state index < -0.39 is 0 Å². The highest BCUT2D eigenvalue weighted by Crippen LogP contribution is 2.26. The van der Waals surface area contributed by atoms with E-state index in [-0.39, 0.29) is 5.82 Å². The fourth-order valence-corrected chi connectivity index (χ4v) is 2.54. The Hall–Kier alpha value is -2.00. The molecule has 0 N–H and O–H groups in total. The Balaban J connectivity index is 2.10. The highest BCUT2D eigenvalue weighted by atomic mass is 35.5. The van der Waals surface area contributed by atoms with E-state index in [2.05, 4.69) is 23.0 Å². The van der Waals surface area contributed by atoms with Crippen molar-refractivity contribution >= 4 is 22.5 Å². The Kier molecular flexibility index (Phi) is 3.84. The molecule has 3 rings (SSSR count). The molecule has 0 aliphatic carbocycles. The summed E-state index contributed by atoms with van der Waals surface area (Å²) < 4.78 is 13.0. The topological polar surface area (TPSA) is 25.8 Å². The van der Waals surface area contributed by atoms with Crippen molar-refractivity contribution in [2.24, 2.45) is 0 Å². The van der Waals surface area contributed by atoms with E-state index in [0.29, 0.717) is 11.0 Å². The number of aromatic nitrogens is 2. The summed E-state index contributed by atoms with van der Waals surface area (Å²) in [6, 6.07) is 12.1. The van der Waals surface area contributed by atoms with Crippen molar-refractivity contribution in [3.63, 3.8) is 0 Å². The van der Waals surface area contributed by atoms with Crippen molar-refractivity contribution in [1.82, 2.24) is 9.97 Å². The van der Waals surface area contributed by atoms with E-state index in [9.17, 15) is 4.39 Å². The fraction of sp³-hybridized carbons (Fsp3) is 0.176. The maximum absolute atomic E-state index is 13.0. The van der Waals surface area contributed by atoms with Crippen molar-refractivity contribution in [2.75, 3.05) is 0 Å². The zero-order chi connectivity index (χ0) is 14.8. The molecule has 0 radical (unpaired) electrons. The summed E-state index contributed by atoms with van der Waals surface area (Å²) in [5.74, 6) is 0.227. The predicted molar refractivity (Wildman–Crippen MR) is 83.9 cm³/mol. The van der Waals surface area contributed by atoms with E-state index >= 15 is 0 Å². The number of hydrogen-bond donors (Lipinski definition) is 0. The van der Waals surface area contributed by atoms with Crippen molar-refractivity contribution in [3.05, 3.63) is 59.0 Å². The fourth-order valence-electron chi connectivity index (χ4n) is 2.31. The first kappa shape index (κ1) is 14.0. The third-order valence-corrected chi connectivity index (χ3v) is 3.64. The summed E-state index contributed by atoms with van der Waals surface area (Å²) in [6.07, 6.45) is 2.09. The number of hydrogen-bond acceptors (Lipinski definition) is 2. The molecule has 0 spiro atoms. The minimum atomic E-state index is -0.283. The molecule has 0 saturated carbocycles. The molecule has 1 aromatic heterocycles. The van der Waals surface area contributed by atoms with Crippen LogP contribution in [-0.2, 0) is 6.42 Å². The van der Waals surface area contributed by atoms with Crippen LogP contribution in [0.5, 0.6) is 0 Å². The van der Waals surface area contributed by atoms with Gasteiger partial charge in [0.15, 0.2) is 5.82 Å². The number of halogens is 2. The van der Waals surface area contributed by atoms with Gasteiger partial charge in [-0.3, -0.25) is 0 Å². The van der Waals surface area contributed by atoms with Crippen molar-refractivity contribution in [2.45, 2.75) is 19.8 Å². The number of benzene rings is 2. The summed E-state index contributed by atoms with van der Waals surface area (Å²) in [5.41, 5.74) is 2.78. The van der Waals surface area contributed by atoms with Crippen LogP contribution in [0.4, 0.5) is 4.39 Å². The Bertz CT molecular complexity index is 785. The van der Waals surface area contributed by atoms with Gasteiger partial charge in [-0.05, 0) is 48.4 Å². The minimum Gasteiger partial charge on any atom is -0.228 e. The SMILES string of the molecule is CCCc1ccc2nc(-c3ccc(F)cc3)nc(Cl)c2c1. The van der Waals surface area contributed by atoms with Gasteiger partial charge < -0.3 is 0 Å². The van der Waals surface area contributed by atoms with Gasteiger partial charge in [0.2, 0.25) is 0 Å². The third-order valence-electron chi connectivity index (χ3n) is 3.35. The van der Waals surface area contributed by atoms with Gasteiger partial charge in [-0.15, -0.1) is 0 Å². The van der Waals surface area contributed by atoms with E-state index in [0.717, 1.165) is 29.3 Å². The normalized spacial score (nSPS) is 11.0. The highest BCUT2D eigenvalue weighted by molar-refractivity contribution is 6.34. The van der Waals surface area contributed by atoms with Crippen LogP contribution in [0, 0.1) is 5.82 Å². The molecule has 0 amide bonds. The molecule has 0 bridgehead atoms. The molecular weight excluding hydrogens is 287 g/mol. The lowest BCUT2D eigenvalue weighted by atomic mass is 10.1. The zero-order valence-corrected chi connectivity index (χ0v) is 12.4. The maximum atomic E-state index is 13.0. The van der Waals surface area contributed by atoms with Crippen LogP contribution in [0.15, 0.2) is 42.5 Å². The van der Waals surface area contributed by atoms with Gasteiger partial charge in [0.1, 0.15) is 11.0 Å². The van der Waals surface area contributed by atoms with Crippen LogP contribution in [0.25, 0.3) is 22.3 Å². The van der Waals surface area contributed by atoms with E-state index in [4.69, 9.17) is 11.6 Å². The maximum Gasteiger partial charge on any atom is 0.161 e. The summed E-state index contributed by atoms with van der Waals surface area (Å²) >= 11 is 6.29. The lowest BCUT2D eigenvalue weighted by Crippen LogP contribution is -1.93. The van der Waals surface area contributed by atoms with Crippen LogP contribution in [-0.4, -0.2) is 9.97 Å². The third kappa shape index (κ3) is 2.88. The molecule has 0 saturated heterocycles. The van der Waals surface area contributed by atoms with Gasteiger partial charge in [-0.1, -0.05) is 31.0 Å². The molecule has 4 heteroatoms. The molecule has 0 fully saturated rings. The number of rotatable bonds is 3. The van der Waals surface area contributed by atoms with Gasteiger partial charge in [0.25, 0.3) is 0 Å². The standard InChI is InChI=1S/C17H14ClFN2/c1-2-3-11-4-9-15-14(10-11)16(18)21-17(20-15)12-5-7-13(19)8-6-12/h4-10H,2-3H2,1H3. The molecule has 21 heavy (non-hydrogen) atoms. The van der Waals surface area contributed by atoms with Crippen molar-refractivity contribution in [1.29, 1.82) is 0 Å². The number of aryl methyl sites for hydroxylation is 1. The second kappa shape index (κ2) is 5.78. The monoisotopic (exact) mass is 300 g/mol. The lowest BCUT2D eigenvalue weighted by Gasteiger charge is -2.06. The Labute approximate surface area is 127 Å². The molecule has 0 unspecified atom stereocenters. The zero-order valence-electron chi connectivity index (χ0n) is 11.6. The summed E-state index contributed by atoms with van der Waals surface area (Å²) in [4.78, 5) is 8.85. The van der Waals surface area contributed by atoms with E-state index in [1.807, 2.05) is 12.1 Å². The molecule has 106 valence electrons. The van der Waals surface area contributed by atoms with E-state index in [1.54, 1.807) is 12.1 Å². The average molecular weight is 301 g/mol. The Morgan fingerprint density at radius 1 is 1.05 bits per heavy atom. The largest absolute Gasteiger partial charge is 0.228 e. The van der Waals surface area contributed by atoms with Crippen molar-refractivity contribution < 1.29 is 4.39 Å². The van der Waals surface area contributed by atoms with Crippen molar-refractivity contribution in [3.8, 4) is 11.4 Å². The van der Waals surface area contributed by atoms with Gasteiger partial charge in [-0.2, -0.15) is 0 Å². The van der Waals surface area contributed by atoms with Crippen LogP contribution >= 0.6 is 11.6 Å². The molecule has 3 aromatic rings. The lowest BCUT2D eigenvalue weighted by molar-refractivity contribution is 0.628. The Morgan fingerprint density at radius 2 is 1.81 bits per heavy atom. The van der Waals surface area contributed by atoms with Crippen LogP contribution in [0.1, 0.15) is 18.9 Å². The first-order valence-corrected chi connectivity index (χ1v) is 7.27. The van der Waals surface area contributed by atoms with Crippen LogP contribution < -0.4 is 0 Å². The van der Waals surface area contributed by atoms with Gasteiger partial charge >= 0.3 is 0 Å². The smallest absolute Gasteiger partial charge is 0.161 e. The molecule has 0 aliphatic rings. The Morgan fingerprint density at radius 3 is 2.52 bits per heavy atom. The van der Waals surface area contributed by atoms with E-state index in [1.165, 1.54) is 17.7 Å². The molecule has 0 aliphatic heterocycles. The molecule has 2 aromatic carbocycles. The minimum absolute atomic E-state index is 0.283. The summed E-state index contributed by atoms with van der Waals surface area (Å²) in [7, 11) is 0. The van der Waals surface area contributed by atoms with Gasteiger partial charge in [-0.25, -0.2) is 14.4 Å². The van der Waals surface area contributed by atoms with Crippen LogP contribution in [0.3, 0.4) is 0 Å². The van der Waals surface area contributed by atoms with Gasteiger partial charge in [0, 0.05) is 10.9 Å². The quantitative estimate of drug-likeness (QED) is 0.633. The number of nitrogens with zero attached hydrogens (tertiary/aromatic N) is 2. The predicted octanol–water partition coefficient (Wildman–Crippen LogP) is 5.04. The second-order valence-electron chi connectivity index (χ2n) is 4.95. The summed E-state index contributed by atoms with van der Waals surface area (Å²) in [5, 5.41) is 1.28. The van der Waals surface area contributed by atoms with Crippen LogP contribution in [0.2, 0.25) is 5.15 Å².